The molecular weight excluding hydrogens is 389 g/mol. The van der Waals surface area contributed by atoms with Crippen molar-refractivity contribution in [3.63, 3.8) is 0 Å². The Labute approximate surface area is 165 Å². The molecule has 1 N–H and O–H groups in total. The van der Waals surface area contributed by atoms with Gasteiger partial charge in [-0.1, -0.05) is 12.1 Å². The molecule has 1 atom stereocenters. The second-order valence-corrected chi connectivity index (χ2v) is 6.61. The number of amides is 1. The first-order chi connectivity index (χ1) is 13.6. The summed E-state index contributed by atoms with van der Waals surface area (Å²) in [7, 11) is 1.55. The van der Waals surface area contributed by atoms with Crippen molar-refractivity contribution in [1.82, 2.24) is 5.01 Å². The normalized spacial score (nSPS) is 19.1. The van der Waals surface area contributed by atoms with E-state index in [1.807, 2.05) is 0 Å². The van der Waals surface area contributed by atoms with Crippen LogP contribution < -0.4 is 9.47 Å². The zero-order chi connectivity index (χ0) is 21.2. The number of halogens is 3. The van der Waals surface area contributed by atoms with E-state index in [2.05, 4.69) is 5.10 Å². The van der Waals surface area contributed by atoms with Crippen LogP contribution in [0.1, 0.15) is 29.3 Å². The lowest BCUT2D eigenvalue weighted by Gasteiger charge is -2.32. The van der Waals surface area contributed by atoms with Gasteiger partial charge >= 0.3 is 6.18 Å². The third-order valence-corrected chi connectivity index (χ3v) is 4.41. The molecule has 0 aliphatic carbocycles. The highest BCUT2D eigenvalue weighted by atomic mass is 19.4. The van der Waals surface area contributed by atoms with Crippen LogP contribution in [0, 0.1) is 0 Å². The largest absolute Gasteiger partial charge is 0.497 e. The van der Waals surface area contributed by atoms with Gasteiger partial charge in [-0.3, -0.25) is 4.79 Å². The molecule has 154 valence electrons. The van der Waals surface area contributed by atoms with Gasteiger partial charge in [-0.2, -0.15) is 23.3 Å². The maximum absolute atomic E-state index is 13.3. The van der Waals surface area contributed by atoms with Gasteiger partial charge in [-0.25, -0.2) is 0 Å². The van der Waals surface area contributed by atoms with E-state index in [0.717, 1.165) is 0 Å². The summed E-state index contributed by atoms with van der Waals surface area (Å²) >= 11 is 0. The van der Waals surface area contributed by atoms with Gasteiger partial charge in [0.2, 0.25) is 0 Å². The van der Waals surface area contributed by atoms with Crippen molar-refractivity contribution in [2.45, 2.75) is 31.9 Å². The fourth-order valence-electron chi connectivity index (χ4n) is 2.91. The number of benzene rings is 2. The zero-order valence-corrected chi connectivity index (χ0v) is 15.7. The molecule has 3 rings (SSSR count). The van der Waals surface area contributed by atoms with E-state index in [-0.39, 0.29) is 22.9 Å². The maximum atomic E-state index is 13.3. The van der Waals surface area contributed by atoms with Gasteiger partial charge in [0, 0.05) is 17.7 Å². The molecule has 9 heteroatoms. The van der Waals surface area contributed by atoms with E-state index in [1.54, 1.807) is 37.4 Å². The van der Waals surface area contributed by atoms with Crippen molar-refractivity contribution in [2.24, 2.45) is 5.10 Å². The Morgan fingerprint density at radius 2 is 1.86 bits per heavy atom. The predicted molar refractivity (Wildman–Crippen MR) is 98.7 cm³/mol. The van der Waals surface area contributed by atoms with E-state index < -0.39 is 24.2 Å². The first-order valence-electron chi connectivity index (χ1n) is 8.67. The molecule has 0 bridgehead atoms. The van der Waals surface area contributed by atoms with E-state index in [9.17, 15) is 23.1 Å². The number of hydrogen-bond donors (Lipinski definition) is 1. The molecule has 0 fully saturated rings. The van der Waals surface area contributed by atoms with Gasteiger partial charge in [-0.05, 0) is 48.9 Å². The van der Waals surface area contributed by atoms with Crippen LogP contribution in [0.25, 0.3) is 0 Å². The summed E-state index contributed by atoms with van der Waals surface area (Å²) in [6.45, 7) is 1.42. The number of alkyl halides is 3. The summed E-state index contributed by atoms with van der Waals surface area (Å²) in [5.74, 6) is 0.185. The molecule has 1 heterocycles. The van der Waals surface area contributed by atoms with Crippen molar-refractivity contribution < 1.29 is 32.5 Å². The average Bonchev–Trinajstić information content (AvgIpc) is 3.02. The molecule has 29 heavy (non-hydrogen) atoms. The molecule has 2 aromatic rings. The number of ether oxygens (including phenoxy) is 2. The second kappa shape index (κ2) is 7.75. The van der Waals surface area contributed by atoms with Crippen molar-refractivity contribution >= 4 is 11.6 Å². The molecule has 2 aromatic carbocycles. The van der Waals surface area contributed by atoms with Crippen LogP contribution in [-0.2, 0) is 6.61 Å². The van der Waals surface area contributed by atoms with Crippen LogP contribution in [0.3, 0.4) is 0 Å². The maximum Gasteiger partial charge on any atom is 0.438 e. The first kappa shape index (κ1) is 20.7. The third kappa shape index (κ3) is 4.19. The summed E-state index contributed by atoms with van der Waals surface area (Å²) < 4.78 is 50.7. The third-order valence-electron chi connectivity index (χ3n) is 4.41. The molecule has 0 saturated carbocycles. The van der Waals surface area contributed by atoms with Gasteiger partial charge in [0.1, 0.15) is 18.1 Å². The fraction of sp³-hybridized carbons (Fsp3) is 0.300. The Balaban J connectivity index is 1.76. The number of aliphatic hydroxyl groups is 1. The fourth-order valence-corrected chi connectivity index (χ4v) is 2.91. The lowest BCUT2D eigenvalue weighted by atomic mass is 10.1. The summed E-state index contributed by atoms with van der Waals surface area (Å²) in [4.78, 5) is 12.7. The lowest BCUT2D eigenvalue weighted by molar-refractivity contribution is -0.297. The van der Waals surface area contributed by atoms with Crippen LogP contribution >= 0.6 is 0 Å². The molecule has 6 nitrogen and oxygen atoms in total. The number of carbonyl (C=O) groups excluding carboxylic acids is 1. The highest BCUT2D eigenvalue weighted by Crippen LogP contribution is 2.40. The SMILES string of the molecule is COc1ccc(OCc2cccc(C(=O)N3N=C(C)C[C@]3(O)C(F)(F)F)c2)cc1. The van der Waals surface area contributed by atoms with E-state index >= 15 is 0 Å². The van der Waals surface area contributed by atoms with Crippen molar-refractivity contribution in [1.29, 1.82) is 0 Å². The predicted octanol–water partition coefficient (Wildman–Crippen LogP) is 3.75. The number of methoxy groups -OCH3 is 1. The zero-order valence-electron chi connectivity index (χ0n) is 15.7. The van der Waals surface area contributed by atoms with Gasteiger partial charge in [-0.15, -0.1) is 0 Å². The number of rotatable bonds is 5. The summed E-state index contributed by atoms with van der Waals surface area (Å²) in [6.07, 6.45) is -5.83. The van der Waals surface area contributed by atoms with E-state index in [1.165, 1.54) is 25.1 Å². The Morgan fingerprint density at radius 3 is 2.48 bits per heavy atom. The Hall–Kier alpha value is -3.07. The van der Waals surface area contributed by atoms with Crippen molar-refractivity contribution in [3.8, 4) is 11.5 Å². The van der Waals surface area contributed by atoms with Crippen LogP contribution in [0.4, 0.5) is 13.2 Å². The molecule has 0 spiro atoms. The standard InChI is InChI=1S/C20H19F3N2O4/c1-13-11-19(27,20(21,22)23)25(24-13)18(26)15-5-3-4-14(10-15)12-29-17-8-6-16(28-2)7-9-17/h3-10,27H,11-12H2,1-2H3/t19-/m0/s1. The lowest BCUT2D eigenvalue weighted by Crippen LogP contribution is -2.56. The van der Waals surface area contributed by atoms with Gasteiger partial charge < -0.3 is 14.6 Å². The molecule has 0 saturated heterocycles. The van der Waals surface area contributed by atoms with Gasteiger partial charge in [0.25, 0.3) is 11.6 Å². The minimum Gasteiger partial charge on any atom is -0.497 e. The van der Waals surface area contributed by atoms with E-state index in [4.69, 9.17) is 9.47 Å². The molecule has 1 aliphatic rings. The summed E-state index contributed by atoms with van der Waals surface area (Å²) in [6, 6.07) is 12.8. The molecular formula is C20H19F3N2O4. The quantitative estimate of drug-likeness (QED) is 0.818. The second-order valence-electron chi connectivity index (χ2n) is 6.61. The highest BCUT2D eigenvalue weighted by Gasteiger charge is 2.62. The minimum atomic E-state index is -5.04. The van der Waals surface area contributed by atoms with Crippen LogP contribution in [0.5, 0.6) is 11.5 Å². The topological polar surface area (TPSA) is 71.4 Å². The van der Waals surface area contributed by atoms with Crippen LogP contribution in [-0.4, -0.2) is 40.7 Å². The number of carbonyl (C=O) groups is 1. The average molecular weight is 408 g/mol. The molecule has 1 amide bonds. The highest BCUT2D eigenvalue weighted by molar-refractivity contribution is 5.98. The van der Waals surface area contributed by atoms with Crippen molar-refractivity contribution in [3.05, 3.63) is 59.7 Å². The smallest absolute Gasteiger partial charge is 0.438 e. The van der Waals surface area contributed by atoms with Gasteiger partial charge in [0.15, 0.2) is 0 Å². The van der Waals surface area contributed by atoms with E-state index in [0.29, 0.717) is 17.1 Å². The summed E-state index contributed by atoms with van der Waals surface area (Å²) in [5.41, 5.74) is -2.81. The molecule has 0 aromatic heterocycles. The monoisotopic (exact) mass is 408 g/mol. The van der Waals surface area contributed by atoms with Crippen LogP contribution in [0.15, 0.2) is 53.6 Å². The first-order valence-corrected chi connectivity index (χ1v) is 8.67. The minimum absolute atomic E-state index is 0.0113. The number of hydrazone groups is 1. The van der Waals surface area contributed by atoms with Crippen molar-refractivity contribution in [2.75, 3.05) is 7.11 Å². The Kier molecular flexibility index (Phi) is 5.52. The summed E-state index contributed by atoms with van der Waals surface area (Å²) in [5, 5.41) is 13.8. The molecule has 0 radical (unpaired) electrons. The number of hydrogen-bond acceptors (Lipinski definition) is 5. The number of nitrogens with zero attached hydrogens (tertiary/aromatic N) is 2. The van der Waals surface area contributed by atoms with Gasteiger partial charge in [0.05, 0.1) is 7.11 Å². The Morgan fingerprint density at radius 1 is 1.21 bits per heavy atom. The van der Waals surface area contributed by atoms with Crippen LogP contribution in [0.2, 0.25) is 0 Å². The molecule has 1 aliphatic heterocycles. The molecule has 0 unspecified atom stereocenters. The Bertz CT molecular complexity index is 928.